The highest BCUT2D eigenvalue weighted by Crippen LogP contribution is 2.16. The fourth-order valence-corrected chi connectivity index (χ4v) is 3.99. The normalized spacial score (nSPS) is 13.4. The summed E-state index contributed by atoms with van der Waals surface area (Å²) >= 11 is 0. The molecule has 1 aromatic heterocycles. The SMILES string of the molecule is Cc1oc(C(=O)O)cc1CS(=O)CCS(C)(=O)=O. The van der Waals surface area contributed by atoms with Gasteiger partial charge in [-0.3, -0.25) is 4.21 Å². The number of carboxylic acid groups (broad SMARTS) is 1. The van der Waals surface area contributed by atoms with Gasteiger partial charge in [0.1, 0.15) is 15.6 Å². The van der Waals surface area contributed by atoms with Crippen LogP contribution in [0.25, 0.3) is 0 Å². The lowest BCUT2D eigenvalue weighted by molar-refractivity contribution is 0.0661. The first-order chi connectivity index (χ1) is 8.19. The monoisotopic (exact) mass is 294 g/mol. The largest absolute Gasteiger partial charge is 0.475 e. The summed E-state index contributed by atoms with van der Waals surface area (Å²) in [6.07, 6.45) is 1.08. The molecule has 8 heteroatoms. The molecule has 0 fully saturated rings. The van der Waals surface area contributed by atoms with Crippen LogP contribution in [0.4, 0.5) is 0 Å². The lowest BCUT2D eigenvalue weighted by atomic mass is 10.3. The quantitative estimate of drug-likeness (QED) is 0.823. The zero-order valence-corrected chi connectivity index (χ0v) is 11.6. The van der Waals surface area contributed by atoms with E-state index in [-0.39, 0.29) is 23.0 Å². The summed E-state index contributed by atoms with van der Waals surface area (Å²) in [5, 5.41) is 8.72. The third-order valence-electron chi connectivity index (χ3n) is 2.23. The molecule has 0 saturated heterocycles. The Morgan fingerprint density at radius 1 is 1.50 bits per heavy atom. The second-order valence-electron chi connectivity index (χ2n) is 3.92. The Kier molecular flexibility index (Phi) is 4.69. The highest BCUT2D eigenvalue weighted by Gasteiger charge is 2.15. The van der Waals surface area contributed by atoms with E-state index >= 15 is 0 Å². The topological polar surface area (TPSA) is 102 Å². The minimum absolute atomic E-state index is 0.0336. The molecule has 0 aromatic carbocycles. The van der Waals surface area contributed by atoms with Crippen LogP contribution in [0.15, 0.2) is 10.5 Å². The third kappa shape index (κ3) is 4.61. The lowest BCUT2D eigenvalue weighted by Gasteiger charge is -2.00. The van der Waals surface area contributed by atoms with Gasteiger partial charge < -0.3 is 9.52 Å². The Balaban J connectivity index is 2.68. The van der Waals surface area contributed by atoms with Crippen molar-refractivity contribution in [1.29, 1.82) is 0 Å². The Labute approximate surface area is 107 Å². The maximum Gasteiger partial charge on any atom is 0.371 e. The minimum Gasteiger partial charge on any atom is -0.475 e. The van der Waals surface area contributed by atoms with Crippen molar-refractivity contribution in [3.8, 4) is 0 Å². The fraction of sp³-hybridized carbons (Fsp3) is 0.500. The third-order valence-corrected chi connectivity index (χ3v) is 4.73. The molecule has 0 spiro atoms. The molecular weight excluding hydrogens is 280 g/mol. The highest BCUT2D eigenvalue weighted by molar-refractivity contribution is 7.92. The summed E-state index contributed by atoms with van der Waals surface area (Å²) in [6.45, 7) is 1.58. The predicted molar refractivity (Wildman–Crippen MR) is 66.8 cm³/mol. The smallest absolute Gasteiger partial charge is 0.371 e. The van der Waals surface area contributed by atoms with Crippen LogP contribution in [0.3, 0.4) is 0 Å². The molecule has 1 heterocycles. The van der Waals surface area contributed by atoms with Gasteiger partial charge in [0.05, 0.1) is 11.5 Å². The van der Waals surface area contributed by atoms with Gasteiger partial charge in [-0.15, -0.1) is 0 Å². The Hall–Kier alpha value is -1.15. The summed E-state index contributed by atoms with van der Waals surface area (Å²) in [6, 6.07) is 1.32. The van der Waals surface area contributed by atoms with Gasteiger partial charge in [-0.05, 0) is 13.0 Å². The zero-order chi connectivity index (χ0) is 13.9. The molecule has 102 valence electrons. The van der Waals surface area contributed by atoms with Crippen molar-refractivity contribution in [1.82, 2.24) is 0 Å². The van der Waals surface area contributed by atoms with Crippen molar-refractivity contribution < 1.29 is 26.9 Å². The summed E-state index contributed by atoms with van der Waals surface area (Å²) in [5.74, 6) is -1.03. The molecule has 1 atom stereocenters. The van der Waals surface area contributed by atoms with Gasteiger partial charge in [0.2, 0.25) is 5.76 Å². The molecule has 0 radical (unpaired) electrons. The molecule has 1 aromatic rings. The Morgan fingerprint density at radius 3 is 2.56 bits per heavy atom. The first kappa shape index (κ1) is 14.9. The van der Waals surface area contributed by atoms with E-state index in [4.69, 9.17) is 9.52 Å². The molecule has 0 saturated carbocycles. The van der Waals surface area contributed by atoms with Crippen molar-refractivity contribution in [3.05, 3.63) is 23.2 Å². The van der Waals surface area contributed by atoms with E-state index in [9.17, 15) is 17.4 Å². The fourth-order valence-electron chi connectivity index (χ4n) is 1.26. The molecule has 1 rings (SSSR count). The summed E-state index contributed by atoms with van der Waals surface area (Å²) < 4.78 is 38.5. The number of hydrogen-bond donors (Lipinski definition) is 1. The summed E-state index contributed by atoms with van der Waals surface area (Å²) in [4.78, 5) is 10.7. The van der Waals surface area contributed by atoms with Gasteiger partial charge in [-0.25, -0.2) is 13.2 Å². The first-order valence-corrected chi connectivity index (χ1v) is 8.59. The Bertz CT molecular complexity index is 569. The number of sulfone groups is 1. The van der Waals surface area contributed by atoms with Crippen molar-refractivity contribution in [2.24, 2.45) is 0 Å². The van der Waals surface area contributed by atoms with Crippen molar-refractivity contribution in [2.45, 2.75) is 12.7 Å². The number of hydrogen-bond acceptors (Lipinski definition) is 5. The van der Waals surface area contributed by atoms with Gasteiger partial charge in [0, 0.05) is 28.4 Å². The number of aryl methyl sites for hydroxylation is 1. The van der Waals surface area contributed by atoms with Crippen LogP contribution in [-0.2, 0) is 26.4 Å². The molecule has 1 N–H and O–H groups in total. The van der Waals surface area contributed by atoms with Crippen LogP contribution in [0.1, 0.15) is 21.9 Å². The summed E-state index contributed by atoms with van der Waals surface area (Å²) in [7, 11) is -4.50. The van der Waals surface area contributed by atoms with Crippen LogP contribution in [0.5, 0.6) is 0 Å². The van der Waals surface area contributed by atoms with Crippen LogP contribution >= 0.6 is 0 Å². The van der Waals surface area contributed by atoms with E-state index in [1.54, 1.807) is 6.92 Å². The average Bonchev–Trinajstić information content (AvgIpc) is 2.57. The predicted octanol–water partition coefficient (Wildman–Crippen LogP) is 0.580. The molecule has 0 amide bonds. The van der Waals surface area contributed by atoms with E-state index in [1.165, 1.54) is 6.07 Å². The van der Waals surface area contributed by atoms with E-state index < -0.39 is 26.6 Å². The maximum atomic E-state index is 11.6. The summed E-state index contributed by atoms with van der Waals surface area (Å²) in [5.41, 5.74) is 0.527. The van der Waals surface area contributed by atoms with E-state index in [1.807, 2.05) is 0 Å². The maximum absolute atomic E-state index is 11.6. The van der Waals surface area contributed by atoms with Crippen molar-refractivity contribution in [2.75, 3.05) is 17.8 Å². The molecular formula is C10H14O6S2. The highest BCUT2D eigenvalue weighted by atomic mass is 32.2. The van der Waals surface area contributed by atoms with Gasteiger partial charge in [0.25, 0.3) is 0 Å². The van der Waals surface area contributed by atoms with Crippen LogP contribution < -0.4 is 0 Å². The number of carboxylic acids is 1. The molecule has 1 unspecified atom stereocenters. The van der Waals surface area contributed by atoms with Gasteiger partial charge >= 0.3 is 5.97 Å². The molecule has 0 aliphatic heterocycles. The number of carbonyl (C=O) groups is 1. The van der Waals surface area contributed by atoms with E-state index in [2.05, 4.69) is 0 Å². The molecule has 0 bridgehead atoms. The Morgan fingerprint density at radius 2 is 2.11 bits per heavy atom. The molecule has 6 nitrogen and oxygen atoms in total. The number of aromatic carboxylic acids is 1. The average molecular weight is 294 g/mol. The molecule has 18 heavy (non-hydrogen) atoms. The van der Waals surface area contributed by atoms with E-state index in [0.29, 0.717) is 11.3 Å². The van der Waals surface area contributed by atoms with Crippen LogP contribution in [0.2, 0.25) is 0 Å². The van der Waals surface area contributed by atoms with Crippen LogP contribution in [0, 0.1) is 6.92 Å². The number of furan rings is 1. The second kappa shape index (κ2) is 5.66. The van der Waals surface area contributed by atoms with Crippen LogP contribution in [-0.4, -0.2) is 41.5 Å². The first-order valence-electron chi connectivity index (χ1n) is 5.04. The van der Waals surface area contributed by atoms with E-state index in [0.717, 1.165) is 6.26 Å². The van der Waals surface area contributed by atoms with Crippen molar-refractivity contribution >= 4 is 26.6 Å². The zero-order valence-electron chi connectivity index (χ0n) is 10.0. The van der Waals surface area contributed by atoms with Gasteiger partial charge in [0.15, 0.2) is 0 Å². The number of rotatable bonds is 6. The standard InChI is InChI=1S/C10H14O6S2/c1-7-8(5-9(16-7)10(11)12)6-17(13)3-4-18(2,14)15/h5H,3-4,6H2,1-2H3,(H,11,12). The van der Waals surface area contributed by atoms with Gasteiger partial charge in [-0.1, -0.05) is 0 Å². The molecule has 0 aliphatic carbocycles. The van der Waals surface area contributed by atoms with Crippen molar-refractivity contribution in [3.63, 3.8) is 0 Å². The van der Waals surface area contributed by atoms with Gasteiger partial charge in [-0.2, -0.15) is 0 Å². The minimum atomic E-state index is -3.14. The molecule has 0 aliphatic rings. The lowest BCUT2D eigenvalue weighted by Crippen LogP contribution is -2.12. The second-order valence-corrected chi connectivity index (χ2v) is 7.75.